The lowest BCUT2D eigenvalue weighted by Crippen LogP contribution is -2.48. The van der Waals surface area contributed by atoms with Crippen molar-refractivity contribution in [1.82, 2.24) is 25.1 Å². The van der Waals surface area contributed by atoms with Crippen LogP contribution in [0.4, 0.5) is 5.82 Å². The molecule has 0 spiro atoms. The molecule has 0 saturated carbocycles. The Balaban J connectivity index is 1.58. The monoisotopic (exact) mass is 368 g/mol. The van der Waals surface area contributed by atoms with E-state index in [0.717, 1.165) is 60.2 Å². The number of hydrogen-bond donors (Lipinski definition) is 1. The molecule has 0 unspecified atom stereocenters. The van der Waals surface area contributed by atoms with Gasteiger partial charge in [0.25, 0.3) is 0 Å². The highest BCUT2D eigenvalue weighted by atomic mass is 16.5. The van der Waals surface area contributed by atoms with Gasteiger partial charge in [-0.1, -0.05) is 0 Å². The lowest BCUT2D eigenvalue weighted by Gasteiger charge is -2.34. The van der Waals surface area contributed by atoms with Crippen molar-refractivity contribution in [1.29, 1.82) is 0 Å². The number of hydrogen-bond acceptors (Lipinski definition) is 6. The van der Waals surface area contributed by atoms with Gasteiger partial charge in [-0.15, -0.1) is 0 Å². The van der Waals surface area contributed by atoms with Crippen LogP contribution in [0.25, 0.3) is 17.5 Å². The normalized spacial score (nSPS) is 16.7. The summed E-state index contributed by atoms with van der Waals surface area (Å²) in [6, 6.07) is 1.97. The van der Waals surface area contributed by atoms with Crippen LogP contribution in [0.15, 0.2) is 18.2 Å². The first kappa shape index (κ1) is 17.5. The smallest absolute Gasteiger partial charge is 0.219 e. The minimum atomic E-state index is 0.123. The van der Waals surface area contributed by atoms with Crippen molar-refractivity contribution in [3.05, 3.63) is 29.4 Å². The zero-order valence-corrected chi connectivity index (χ0v) is 15.7. The zero-order chi connectivity index (χ0) is 18.8. The summed E-state index contributed by atoms with van der Waals surface area (Å²) in [6.07, 6.45) is 5.42. The fourth-order valence-corrected chi connectivity index (χ4v) is 3.61. The van der Waals surface area contributed by atoms with E-state index in [1.807, 2.05) is 17.9 Å². The van der Waals surface area contributed by atoms with Crippen molar-refractivity contribution in [3.8, 4) is 11.4 Å². The van der Waals surface area contributed by atoms with E-state index >= 15 is 0 Å². The fraction of sp³-hybridized carbons (Fsp3) is 0.474. The van der Waals surface area contributed by atoms with Gasteiger partial charge in [0, 0.05) is 56.8 Å². The van der Waals surface area contributed by atoms with Crippen LogP contribution in [0, 0.1) is 0 Å². The molecule has 0 aromatic carbocycles. The Morgan fingerprint density at radius 3 is 2.78 bits per heavy atom. The quantitative estimate of drug-likeness (QED) is 0.886. The minimum absolute atomic E-state index is 0.123. The van der Waals surface area contributed by atoms with Gasteiger partial charge in [0.1, 0.15) is 17.8 Å². The predicted octanol–water partition coefficient (Wildman–Crippen LogP) is 1.86. The van der Waals surface area contributed by atoms with Crippen LogP contribution in [0.5, 0.6) is 0 Å². The summed E-state index contributed by atoms with van der Waals surface area (Å²) in [5.74, 6) is 1.98. The molecule has 1 fully saturated rings. The fourth-order valence-electron chi connectivity index (χ4n) is 3.61. The van der Waals surface area contributed by atoms with E-state index in [1.165, 1.54) is 0 Å². The van der Waals surface area contributed by atoms with Crippen molar-refractivity contribution < 1.29 is 9.53 Å². The largest absolute Gasteiger partial charge is 0.498 e. The number of allylic oxidation sites excluding steroid dienone is 1. The van der Waals surface area contributed by atoms with Gasteiger partial charge < -0.3 is 14.5 Å². The molecule has 0 bridgehead atoms. The summed E-state index contributed by atoms with van der Waals surface area (Å²) >= 11 is 0. The van der Waals surface area contributed by atoms with Crippen LogP contribution in [0.1, 0.15) is 31.5 Å². The number of piperazine rings is 1. The number of nitrogens with zero attached hydrogens (tertiary/aromatic N) is 5. The second kappa shape index (κ2) is 7.38. The molecule has 3 heterocycles. The number of H-pyrrole nitrogens is 1. The van der Waals surface area contributed by atoms with E-state index in [1.54, 1.807) is 13.3 Å². The molecule has 8 nitrogen and oxygen atoms in total. The highest BCUT2D eigenvalue weighted by molar-refractivity contribution is 5.75. The van der Waals surface area contributed by atoms with Gasteiger partial charge in [0.2, 0.25) is 5.91 Å². The maximum absolute atomic E-state index is 11.5. The van der Waals surface area contributed by atoms with Crippen molar-refractivity contribution in [3.63, 3.8) is 0 Å². The van der Waals surface area contributed by atoms with Crippen molar-refractivity contribution in [2.75, 3.05) is 37.7 Å². The highest BCUT2D eigenvalue weighted by Crippen LogP contribution is 2.31. The molecular weight excluding hydrogens is 344 g/mol. The third-order valence-corrected chi connectivity index (χ3v) is 5.08. The number of ether oxygens (including phenoxy) is 1. The number of amides is 1. The molecule has 2 aromatic rings. The van der Waals surface area contributed by atoms with Crippen molar-refractivity contribution in [2.45, 2.75) is 26.7 Å². The molecule has 1 saturated heterocycles. The third-order valence-electron chi connectivity index (χ3n) is 5.08. The van der Waals surface area contributed by atoms with Gasteiger partial charge in [-0.3, -0.25) is 9.89 Å². The molecule has 1 N–H and O–H groups in total. The molecule has 8 heteroatoms. The first-order valence-electron chi connectivity index (χ1n) is 9.39. The van der Waals surface area contributed by atoms with Gasteiger partial charge in [-0.05, 0) is 19.4 Å². The number of anilines is 1. The Morgan fingerprint density at radius 2 is 2.04 bits per heavy atom. The number of rotatable bonds is 4. The summed E-state index contributed by atoms with van der Waals surface area (Å²) in [4.78, 5) is 24.4. The van der Waals surface area contributed by atoms with E-state index in [2.05, 4.69) is 31.1 Å². The first-order valence-corrected chi connectivity index (χ1v) is 9.39. The molecule has 1 aliphatic heterocycles. The second-order valence-corrected chi connectivity index (χ2v) is 6.76. The van der Waals surface area contributed by atoms with Crippen molar-refractivity contribution >= 4 is 17.8 Å². The molecule has 4 rings (SSSR count). The van der Waals surface area contributed by atoms with Gasteiger partial charge in [0.15, 0.2) is 0 Å². The molecule has 27 heavy (non-hydrogen) atoms. The average molecular weight is 368 g/mol. The molecule has 142 valence electrons. The summed E-state index contributed by atoms with van der Waals surface area (Å²) in [6.45, 7) is 7.24. The lowest BCUT2D eigenvalue weighted by molar-refractivity contribution is -0.129. The summed E-state index contributed by atoms with van der Waals surface area (Å²) in [5.41, 5.74) is 3.79. The van der Waals surface area contributed by atoms with E-state index in [-0.39, 0.29) is 5.91 Å². The van der Waals surface area contributed by atoms with E-state index < -0.39 is 0 Å². The Hall–Kier alpha value is -2.90. The number of fused-ring (bicyclic) bond motifs is 1. The van der Waals surface area contributed by atoms with Gasteiger partial charge >= 0.3 is 0 Å². The number of carbonyl (C=O) groups excluding carboxylic acids is 1. The summed E-state index contributed by atoms with van der Waals surface area (Å²) < 4.78 is 5.69. The Bertz CT molecular complexity index is 867. The standard InChI is InChI=1S/C19H24N6O2/c1-3-27-14-4-5-16-15(10-14)19(23-22-16)17-11-18(21-12-20-17)25-8-6-24(7-9-25)13(2)26/h10-12H,3-9H2,1-2H3,(H,22,23). The van der Waals surface area contributed by atoms with Gasteiger partial charge in [-0.2, -0.15) is 5.10 Å². The molecular formula is C19H24N6O2. The molecule has 2 aliphatic rings. The van der Waals surface area contributed by atoms with Gasteiger partial charge in [0.05, 0.1) is 18.1 Å². The maximum Gasteiger partial charge on any atom is 0.219 e. The Morgan fingerprint density at radius 1 is 1.22 bits per heavy atom. The summed E-state index contributed by atoms with van der Waals surface area (Å²) in [5, 5.41) is 7.63. The lowest BCUT2D eigenvalue weighted by atomic mass is 10.00. The predicted molar refractivity (Wildman–Crippen MR) is 102 cm³/mol. The molecule has 0 atom stereocenters. The van der Waals surface area contributed by atoms with Crippen molar-refractivity contribution in [2.24, 2.45) is 0 Å². The molecule has 0 radical (unpaired) electrons. The minimum Gasteiger partial charge on any atom is -0.498 e. The number of aryl methyl sites for hydroxylation is 1. The SMILES string of the molecule is CCOC1=Cc2c(-c3cc(N4CCN(C(C)=O)CC4)ncn3)n[nH]c2CC1. The van der Waals surface area contributed by atoms with Gasteiger partial charge in [-0.25, -0.2) is 9.97 Å². The third kappa shape index (κ3) is 3.51. The summed E-state index contributed by atoms with van der Waals surface area (Å²) in [7, 11) is 0. The number of aromatic nitrogens is 4. The Kier molecular flexibility index (Phi) is 4.79. The Labute approximate surface area is 158 Å². The number of carbonyl (C=O) groups is 1. The number of nitrogens with one attached hydrogen (secondary N) is 1. The van der Waals surface area contributed by atoms with E-state index in [9.17, 15) is 4.79 Å². The van der Waals surface area contributed by atoms with E-state index in [0.29, 0.717) is 19.7 Å². The average Bonchev–Trinajstić information content (AvgIpc) is 3.12. The topological polar surface area (TPSA) is 87.2 Å². The second-order valence-electron chi connectivity index (χ2n) is 6.76. The van der Waals surface area contributed by atoms with Crippen LogP contribution in [-0.2, 0) is 16.0 Å². The zero-order valence-electron chi connectivity index (χ0n) is 15.7. The van der Waals surface area contributed by atoms with E-state index in [4.69, 9.17) is 4.74 Å². The number of aromatic amines is 1. The van der Waals surface area contributed by atoms with Crippen LogP contribution >= 0.6 is 0 Å². The molecule has 1 amide bonds. The van der Waals surface area contributed by atoms with Crippen LogP contribution in [-0.4, -0.2) is 63.8 Å². The molecule has 1 aliphatic carbocycles. The van der Waals surface area contributed by atoms with Crippen LogP contribution in [0.2, 0.25) is 0 Å². The molecule has 2 aromatic heterocycles. The highest BCUT2D eigenvalue weighted by Gasteiger charge is 2.22. The van der Waals surface area contributed by atoms with Crippen LogP contribution < -0.4 is 4.90 Å². The first-order chi connectivity index (χ1) is 13.2. The van der Waals surface area contributed by atoms with Crippen LogP contribution in [0.3, 0.4) is 0 Å². The maximum atomic E-state index is 11.5.